The number of carbonyl (C=O) groups excluding carboxylic acids is 2. The molecule has 3 atom stereocenters. The molecule has 2 amide bonds. The van der Waals surface area contributed by atoms with E-state index in [1.807, 2.05) is 62.4 Å². The Morgan fingerprint density at radius 2 is 1.61 bits per heavy atom. The van der Waals surface area contributed by atoms with Crippen LogP contribution in [0.3, 0.4) is 0 Å². The molecule has 5 rings (SSSR count). The number of para-hydroxylation sites is 1. The van der Waals surface area contributed by atoms with Crippen LogP contribution in [0.15, 0.2) is 72.8 Å². The quantitative estimate of drug-likeness (QED) is 0.635. The lowest BCUT2D eigenvalue weighted by Crippen LogP contribution is -2.55. The van der Waals surface area contributed by atoms with Gasteiger partial charge in [-0.25, -0.2) is 5.01 Å². The van der Waals surface area contributed by atoms with Crippen molar-refractivity contribution in [3.63, 3.8) is 0 Å². The SMILES string of the molecule is CC1C(=O)N(NC(=O)[C@H](C)NC2CCc3ccccc3C2)c2ccccc2-c2ccccc21. The highest BCUT2D eigenvalue weighted by atomic mass is 16.2. The van der Waals surface area contributed by atoms with Gasteiger partial charge in [-0.05, 0) is 61.4 Å². The van der Waals surface area contributed by atoms with Crippen LogP contribution in [0.2, 0.25) is 0 Å². The third kappa shape index (κ3) is 4.05. The summed E-state index contributed by atoms with van der Waals surface area (Å²) in [6, 6.07) is 24.0. The lowest BCUT2D eigenvalue weighted by Gasteiger charge is -2.30. The van der Waals surface area contributed by atoms with Crippen LogP contribution in [-0.4, -0.2) is 23.9 Å². The van der Waals surface area contributed by atoms with Crippen LogP contribution in [0.5, 0.6) is 0 Å². The van der Waals surface area contributed by atoms with Crippen LogP contribution >= 0.6 is 0 Å². The Labute approximate surface area is 194 Å². The Hall–Kier alpha value is -3.44. The first-order valence-corrected chi connectivity index (χ1v) is 11.7. The number of hydrazine groups is 1. The molecule has 0 saturated heterocycles. The number of rotatable bonds is 4. The third-order valence-electron chi connectivity index (χ3n) is 6.90. The average molecular weight is 440 g/mol. The molecule has 3 aromatic carbocycles. The normalized spacial score (nSPS) is 20.2. The van der Waals surface area contributed by atoms with E-state index >= 15 is 0 Å². The van der Waals surface area contributed by atoms with E-state index in [9.17, 15) is 9.59 Å². The van der Waals surface area contributed by atoms with E-state index in [1.165, 1.54) is 16.1 Å². The topological polar surface area (TPSA) is 61.4 Å². The number of aryl methyl sites for hydroxylation is 1. The molecular weight excluding hydrogens is 410 g/mol. The van der Waals surface area contributed by atoms with Crippen molar-refractivity contribution in [2.24, 2.45) is 0 Å². The van der Waals surface area contributed by atoms with Gasteiger partial charge in [0.25, 0.3) is 11.8 Å². The summed E-state index contributed by atoms with van der Waals surface area (Å²) in [5.74, 6) is -0.721. The van der Waals surface area contributed by atoms with E-state index in [0.717, 1.165) is 36.0 Å². The highest BCUT2D eigenvalue weighted by molar-refractivity contribution is 6.06. The number of carbonyl (C=O) groups is 2. The van der Waals surface area contributed by atoms with Crippen molar-refractivity contribution in [1.82, 2.24) is 10.7 Å². The molecule has 0 spiro atoms. The Morgan fingerprint density at radius 1 is 0.939 bits per heavy atom. The molecule has 2 unspecified atom stereocenters. The molecular formula is C28H29N3O2. The first-order valence-electron chi connectivity index (χ1n) is 11.7. The van der Waals surface area contributed by atoms with Gasteiger partial charge >= 0.3 is 0 Å². The van der Waals surface area contributed by atoms with Gasteiger partial charge in [0.15, 0.2) is 0 Å². The van der Waals surface area contributed by atoms with Gasteiger partial charge in [0, 0.05) is 11.6 Å². The minimum Gasteiger partial charge on any atom is -0.303 e. The molecule has 168 valence electrons. The highest BCUT2D eigenvalue weighted by Crippen LogP contribution is 2.40. The van der Waals surface area contributed by atoms with Gasteiger partial charge in [-0.2, -0.15) is 0 Å². The van der Waals surface area contributed by atoms with E-state index in [0.29, 0.717) is 5.69 Å². The summed E-state index contributed by atoms with van der Waals surface area (Å²) < 4.78 is 0. The predicted octanol–water partition coefficient (Wildman–Crippen LogP) is 4.37. The number of amides is 2. The van der Waals surface area contributed by atoms with Crippen LogP contribution in [0.25, 0.3) is 11.1 Å². The number of hydrogen-bond acceptors (Lipinski definition) is 3. The molecule has 5 nitrogen and oxygen atoms in total. The van der Waals surface area contributed by atoms with Gasteiger partial charge in [0.05, 0.1) is 17.6 Å². The van der Waals surface area contributed by atoms with E-state index in [2.05, 4.69) is 35.0 Å². The number of fused-ring (bicyclic) bond motifs is 4. The van der Waals surface area contributed by atoms with Crippen LogP contribution in [0.4, 0.5) is 5.69 Å². The van der Waals surface area contributed by atoms with Crippen LogP contribution in [0, 0.1) is 0 Å². The fourth-order valence-electron chi connectivity index (χ4n) is 5.05. The summed E-state index contributed by atoms with van der Waals surface area (Å²) in [6.45, 7) is 3.76. The largest absolute Gasteiger partial charge is 0.303 e. The number of nitrogens with zero attached hydrogens (tertiary/aromatic N) is 1. The lowest BCUT2D eigenvalue weighted by molar-refractivity contribution is -0.127. The van der Waals surface area contributed by atoms with Crippen molar-refractivity contribution in [1.29, 1.82) is 0 Å². The van der Waals surface area contributed by atoms with E-state index in [4.69, 9.17) is 0 Å². The Morgan fingerprint density at radius 3 is 2.42 bits per heavy atom. The molecule has 33 heavy (non-hydrogen) atoms. The fourth-order valence-corrected chi connectivity index (χ4v) is 5.05. The van der Waals surface area contributed by atoms with Gasteiger partial charge in [0.1, 0.15) is 0 Å². The summed E-state index contributed by atoms with van der Waals surface area (Å²) in [7, 11) is 0. The third-order valence-corrected chi connectivity index (χ3v) is 6.90. The number of benzene rings is 3. The lowest BCUT2D eigenvalue weighted by atomic mass is 9.88. The van der Waals surface area contributed by atoms with Crippen LogP contribution in [0.1, 0.15) is 42.9 Å². The number of hydrogen-bond donors (Lipinski definition) is 2. The highest BCUT2D eigenvalue weighted by Gasteiger charge is 2.33. The minimum atomic E-state index is -0.429. The van der Waals surface area contributed by atoms with Crippen molar-refractivity contribution >= 4 is 17.5 Å². The monoisotopic (exact) mass is 439 g/mol. The molecule has 0 aromatic heterocycles. The van der Waals surface area contributed by atoms with Gasteiger partial charge in [-0.3, -0.25) is 15.0 Å². The van der Waals surface area contributed by atoms with Crippen molar-refractivity contribution in [3.05, 3.63) is 89.5 Å². The zero-order valence-corrected chi connectivity index (χ0v) is 19.0. The molecule has 5 heteroatoms. The van der Waals surface area contributed by atoms with Gasteiger partial charge in [0.2, 0.25) is 0 Å². The molecule has 1 heterocycles. The molecule has 3 aromatic rings. The van der Waals surface area contributed by atoms with E-state index in [1.54, 1.807) is 0 Å². The summed E-state index contributed by atoms with van der Waals surface area (Å²) >= 11 is 0. The molecule has 2 N–H and O–H groups in total. The zero-order chi connectivity index (χ0) is 22.9. The fraction of sp³-hybridized carbons (Fsp3) is 0.286. The van der Waals surface area contributed by atoms with Crippen molar-refractivity contribution in [2.45, 2.75) is 51.1 Å². The standard InChI is InChI=1S/C28H29N3O2/c1-18-23-11-5-6-12-24(23)25-13-7-8-14-26(25)31(28(18)33)30-27(32)19(2)29-22-16-15-20-9-3-4-10-21(20)17-22/h3-14,18-19,22,29H,15-17H2,1-2H3,(H,30,32)/t18?,19-,22?/m0/s1. The van der Waals surface area contributed by atoms with Gasteiger partial charge < -0.3 is 5.32 Å². The summed E-state index contributed by atoms with van der Waals surface area (Å²) in [4.78, 5) is 26.7. The average Bonchev–Trinajstić information content (AvgIpc) is 2.94. The number of anilines is 1. The van der Waals surface area contributed by atoms with Crippen molar-refractivity contribution in [2.75, 3.05) is 5.01 Å². The predicted molar refractivity (Wildman–Crippen MR) is 131 cm³/mol. The zero-order valence-electron chi connectivity index (χ0n) is 19.0. The Bertz CT molecular complexity index is 1210. The molecule has 2 aliphatic rings. The summed E-state index contributed by atoms with van der Waals surface area (Å²) in [5.41, 5.74) is 9.30. The smallest absolute Gasteiger partial charge is 0.255 e. The molecule has 0 fully saturated rings. The van der Waals surface area contributed by atoms with Gasteiger partial charge in [-0.15, -0.1) is 0 Å². The van der Waals surface area contributed by atoms with Crippen molar-refractivity contribution < 1.29 is 9.59 Å². The molecule has 0 radical (unpaired) electrons. The molecule has 0 saturated carbocycles. The maximum Gasteiger partial charge on any atom is 0.255 e. The van der Waals surface area contributed by atoms with E-state index in [-0.39, 0.29) is 23.8 Å². The first-order chi connectivity index (χ1) is 16.0. The Kier molecular flexibility index (Phi) is 5.73. The van der Waals surface area contributed by atoms with Crippen LogP contribution < -0.4 is 15.8 Å². The minimum absolute atomic E-state index is 0.139. The maximum atomic E-state index is 13.4. The van der Waals surface area contributed by atoms with Crippen LogP contribution in [-0.2, 0) is 22.4 Å². The maximum absolute atomic E-state index is 13.4. The second-order valence-electron chi connectivity index (χ2n) is 9.07. The van der Waals surface area contributed by atoms with E-state index < -0.39 is 6.04 Å². The second kappa shape index (κ2) is 8.83. The Balaban J connectivity index is 1.35. The molecule has 1 aliphatic carbocycles. The van der Waals surface area contributed by atoms with Crippen molar-refractivity contribution in [3.8, 4) is 11.1 Å². The second-order valence-corrected chi connectivity index (χ2v) is 9.07. The summed E-state index contributed by atoms with van der Waals surface area (Å²) in [5, 5.41) is 4.92. The number of nitrogens with one attached hydrogen (secondary N) is 2. The van der Waals surface area contributed by atoms with Gasteiger partial charge in [-0.1, -0.05) is 66.7 Å². The first kappa shape index (κ1) is 21.4. The molecule has 1 aliphatic heterocycles. The molecule has 0 bridgehead atoms. The summed E-state index contributed by atoms with van der Waals surface area (Å²) in [6.07, 6.45) is 2.91.